The summed E-state index contributed by atoms with van der Waals surface area (Å²) in [6.07, 6.45) is 0.414. The smallest absolute Gasteiger partial charge is 0.349 e. The molecule has 0 spiro atoms. The van der Waals surface area contributed by atoms with E-state index in [1.807, 2.05) is 62.4 Å². The lowest BCUT2D eigenvalue weighted by atomic mass is 10.1. The number of esters is 1. The average molecular weight is 446 g/mol. The molecule has 170 valence electrons. The third kappa shape index (κ3) is 5.68. The van der Waals surface area contributed by atoms with Gasteiger partial charge in [-0.1, -0.05) is 30.3 Å². The minimum atomic E-state index is -1.07. The Kier molecular flexibility index (Phi) is 7.65. The second-order valence-electron chi connectivity index (χ2n) is 7.74. The number of amides is 1. The van der Waals surface area contributed by atoms with E-state index in [9.17, 15) is 14.9 Å². The summed E-state index contributed by atoms with van der Waals surface area (Å²) in [6, 6.07) is 17.1. The van der Waals surface area contributed by atoms with Crippen molar-refractivity contribution in [1.29, 1.82) is 5.26 Å². The molecule has 1 heterocycles. The lowest BCUT2D eigenvalue weighted by Gasteiger charge is -2.13. The van der Waals surface area contributed by atoms with Crippen molar-refractivity contribution < 1.29 is 19.1 Å². The van der Waals surface area contributed by atoms with E-state index in [1.165, 1.54) is 13.0 Å². The van der Waals surface area contributed by atoms with Crippen molar-refractivity contribution in [2.45, 2.75) is 33.4 Å². The van der Waals surface area contributed by atoms with Gasteiger partial charge in [0.1, 0.15) is 11.6 Å². The zero-order valence-corrected chi connectivity index (χ0v) is 19.2. The molecule has 0 fully saturated rings. The summed E-state index contributed by atoms with van der Waals surface area (Å²) < 4.78 is 12.5. The van der Waals surface area contributed by atoms with Crippen LogP contribution in [0.25, 0.3) is 16.8 Å². The van der Waals surface area contributed by atoms with Gasteiger partial charge in [-0.2, -0.15) is 5.26 Å². The number of fused-ring (bicyclic) bond motifs is 1. The molecule has 1 unspecified atom stereocenters. The van der Waals surface area contributed by atoms with E-state index in [4.69, 9.17) is 9.47 Å². The molecule has 0 saturated carbocycles. The molecule has 1 aromatic heterocycles. The van der Waals surface area contributed by atoms with Crippen LogP contribution in [0, 0.1) is 25.2 Å². The molecule has 0 aliphatic rings. The Labute approximate surface area is 193 Å². The molecular weight excluding hydrogens is 418 g/mol. The van der Waals surface area contributed by atoms with E-state index in [0.717, 1.165) is 27.7 Å². The van der Waals surface area contributed by atoms with E-state index < -0.39 is 18.0 Å². The second-order valence-corrected chi connectivity index (χ2v) is 7.74. The van der Waals surface area contributed by atoms with Crippen LogP contribution < -0.4 is 5.32 Å². The number of hydrogen-bond acceptors (Lipinski definition) is 5. The standard InChI is InChI=1S/C26H27N3O4/c1-17-13-22(18(2)29(17)11-12-32-4)14-23(16-27)26(31)33-19(3)25(30)28-24-10-9-20-7-5-6-8-21(20)15-24/h5-10,13-15,19H,11-12H2,1-4H3,(H,28,30)/b23-14+. The van der Waals surface area contributed by atoms with Crippen LogP contribution in [-0.4, -0.2) is 36.3 Å². The number of benzene rings is 2. The summed E-state index contributed by atoms with van der Waals surface area (Å²) in [4.78, 5) is 25.1. The maximum absolute atomic E-state index is 12.6. The Morgan fingerprint density at radius 3 is 2.58 bits per heavy atom. The molecule has 1 atom stereocenters. The fourth-order valence-electron chi connectivity index (χ4n) is 3.58. The van der Waals surface area contributed by atoms with Crippen LogP contribution in [0.15, 0.2) is 54.1 Å². The monoisotopic (exact) mass is 445 g/mol. The number of carbonyl (C=O) groups is 2. The Bertz CT molecular complexity index is 1250. The molecule has 1 N–H and O–H groups in total. The normalized spacial score (nSPS) is 12.3. The Morgan fingerprint density at radius 1 is 1.15 bits per heavy atom. The van der Waals surface area contributed by atoms with Gasteiger partial charge in [0, 0.05) is 30.7 Å². The van der Waals surface area contributed by atoms with Gasteiger partial charge in [0.15, 0.2) is 6.10 Å². The van der Waals surface area contributed by atoms with Crippen LogP contribution in [0.3, 0.4) is 0 Å². The highest BCUT2D eigenvalue weighted by molar-refractivity contribution is 6.01. The van der Waals surface area contributed by atoms with Crippen LogP contribution in [0.2, 0.25) is 0 Å². The van der Waals surface area contributed by atoms with Gasteiger partial charge < -0.3 is 19.4 Å². The molecule has 33 heavy (non-hydrogen) atoms. The summed E-state index contributed by atoms with van der Waals surface area (Å²) in [7, 11) is 1.64. The van der Waals surface area contributed by atoms with Crippen molar-refractivity contribution >= 4 is 34.4 Å². The molecule has 3 aromatic rings. The molecule has 0 radical (unpaired) electrons. The highest BCUT2D eigenvalue weighted by Gasteiger charge is 2.21. The fourth-order valence-corrected chi connectivity index (χ4v) is 3.58. The number of anilines is 1. The maximum Gasteiger partial charge on any atom is 0.349 e. The van der Waals surface area contributed by atoms with E-state index in [0.29, 0.717) is 18.8 Å². The van der Waals surface area contributed by atoms with Gasteiger partial charge in [-0.15, -0.1) is 0 Å². The van der Waals surface area contributed by atoms with Gasteiger partial charge in [-0.25, -0.2) is 4.79 Å². The molecule has 0 bridgehead atoms. The summed E-state index contributed by atoms with van der Waals surface area (Å²) >= 11 is 0. The molecule has 0 aliphatic heterocycles. The maximum atomic E-state index is 12.6. The lowest BCUT2D eigenvalue weighted by molar-refractivity contribution is -0.148. The molecule has 7 nitrogen and oxygen atoms in total. The predicted octanol–water partition coefficient (Wildman–Crippen LogP) is 4.38. The molecule has 1 amide bonds. The highest BCUT2D eigenvalue weighted by Crippen LogP contribution is 2.20. The third-order valence-corrected chi connectivity index (χ3v) is 5.44. The van der Waals surface area contributed by atoms with E-state index in [-0.39, 0.29) is 5.57 Å². The number of nitrogens with one attached hydrogen (secondary N) is 1. The number of nitrogens with zero attached hydrogens (tertiary/aromatic N) is 2. The van der Waals surface area contributed by atoms with Gasteiger partial charge in [-0.05, 0) is 61.4 Å². The summed E-state index contributed by atoms with van der Waals surface area (Å²) in [6.45, 7) is 6.55. The average Bonchev–Trinajstić information content (AvgIpc) is 3.07. The van der Waals surface area contributed by atoms with Crippen LogP contribution in [0.4, 0.5) is 5.69 Å². The Hall–Kier alpha value is -3.89. The number of ether oxygens (including phenoxy) is 2. The first-order valence-electron chi connectivity index (χ1n) is 10.6. The number of aryl methyl sites for hydroxylation is 1. The highest BCUT2D eigenvalue weighted by atomic mass is 16.5. The van der Waals surface area contributed by atoms with Crippen LogP contribution >= 0.6 is 0 Å². The summed E-state index contributed by atoms with van der Waals surface area (Å²) in [5, 5.41) is 14.3. The molecule has 0 aliphatic carbocycles. The van der Waals surface area contributed by atoms with Crippen LogP contribution in [0.1, 0.15) is 23.9 Å². The van der Waals surface area contributed by atoms with Crippen molar-refractivity contribution in [3.8, 4) is 6.07 Å². The van der Waals surface area contributed by atoms with Crippen molar-refractivity contribution in [3.05, 3.63) is 71.1 Å². The third-order valence-electron chi connectivity index (χ3n) is 5.44. The van der Waals surface area contributed by atoms with Crippen molar-refractivity contribution in [3.63, 3.8) is 0 Å². The number of carbonyl (C=O) groups excluding carboxylic acids is 2. The zero-order valence-electron chi connectivity index (χ0n) is 19.2. The Morgan fingerprint density at radius 2 is 1.88 bits per heavy atom. The second kappa shape index (κ2) is 10.6. The fraction of sp³-hybridized carbons (Fsp3) is 0.269. The molecule has 2 aromatic carbocycles. The zero-order chi connectivity index (χ0) is 24.0. The molecule has 7 heteroatoms. The SMILES string of the molecule is COCCn1c(C)cc(/C=C(\C#N)C(=O)OC(C)C(=O)Nc2ccc3ccccc3c2)c1C. The van der Waals surface area contributed by atoms with E-state index in [2.05, 4.69) is 9.88 Å². The molecule has 0 saturated heterocycles. The topological polar surface area (TPSA) is 93.3 Å². The van der Waals surface area contributed by atoms with Gasteiger partial charge in [-0.3, -0.25) is 4.79 Å². The van der Waals surface area contributed by atoms with Crippen molar-refractivity contribution in [1.82, 2.24) is 4.57 Å². The Balaban J connectivity index is 1.69. The lowest BCUT2D eigenvalue weighted by Crippen LogP contribution is -2.30. The largest absolute Gasteiger partial charge is 0.448 e. The van der Waals surface area contributed by atoms with E-state index >= 15 is 0 Å². The van der Waals surface area contributed by atoms with Crippen LogP contribution in [-0.2, 0) is 25.6 Å². The number of rotatable bonds is 8. The number of aromatic nitrogens is 1. The van der Waals surface area contributed by atoms with Gasteiger partial charge in [0.2, 0.25) is 0 Å². The number of hydrogen-bond donors (Lipinski definition) is 1. The first kappa shape index (κ1) is 23.8. The number of nitriles is 1. The summed E-state index contributed by atoms with van der Waals surface area (Å²) in [5.41, 5.74) is 3.07. The summed E-state index contributed by atoms with van der Waals surface area (Å²) in [5.74, 6) is -1.32. The van der Waals surface area contributed by atoms with Crippen molar-refractivity contribution in [2.24, 2.45) is 0 Å². The minimum Gasteiger partial charge on any atom is -0.448 e. The van der Waals surface area contributed by atoms with Gasteiger partial charge >= 0.3 is 5.97 Å². The first-order valence-corrected chi connectivity index (χ1v) is 10.6. The number of methoxy groups -OCH3 is 1. The van der Waals surface area contributed by atoms with E-state index in [1.54, 1.807) is 13.2 Å². The first-order chi connectivity index (χ1) is 15.8. The molecule has 3 rings (SSSR count). The minimum absolute atomic E-state index is 0.174. The predicted molar refractivity (Wildman–Crippen MR) is 128 cm³/mol. The quantitative estimate of drug-likeness (QED) is 0.315. The van der Waals surface area contributed by atoms with Gasteiger partial charge in [0.25, 0.3) is 5.91 Å². The van der Waals surface area contributed by atoms with Crippen molar-refractivity contribution in [2.75, 3.05) is 19.0 Å². The molecular formula is C26H27N3O4. The van der Waals surface area contributed by atoms with Crippen LogP contribution in [0.5, 0.6) is 0 Å². The van der Waals surface area contributed by atoms with Gasteiger partial charge in [0.05, 0.1) is 6.61 Å².